The van der Waals surface area contributed by atoms with Gasteiger partial charge in [-0.3, -0.25) is 4.79 Å². The van der Waals surface area contributed by atoms with Crippen molar-refractivity contribution in [3.63, 3.8) is 0 Å². The third kappa shape index (κ3) is 13.3. The zero-order valence-corrected chi connectivity index (χ0v) is 7.30. The van der Waals surface area contributed by atoms with Crippen molar-refractivity contribution in [3.05, 3.63) is 0 Å². The Bertz CT molecular complexity index is 192. The Morgan fingerprint density at radius 2 is 1.79 bits per heavy atom. The molecule has 3 N–H and O–H groups in total. The van der Waals surface area contributed by atoms with E-state index >= 15 is 0 Å². The molecule has 0 aliphatic rings. The van der Waals surface area contributed by atoms with Gasteiger partial charge in [0.1, 0.15) is 6.61 Å². The van der Waals surface area contributed by atoms with E-state index in [-0.39, 0.29) is 5.97 Å². The molecule has 0 spiro atoms. The van der Waals surface area contributed by atoms with Crippen LogP contribution in [0.4, 0.5) is 13.2 Å². The second-order valence-corrected chi connectivity index (χ2v) is 1.93. The summed E-state index contributed by atoms with van der Waals surface area (Å²) in [6.07, 6.45) is -5.08. The van der Waals surface area contributed by atoms with E-state index in [0.717, 1.165) is 0 Å². The van der Waals surface area contributed by atoms with Crippen LogP contribution in [0.5, 0.6) is 0 Å². The van der Waals surface area contributed by atoms with Crippen molar-refractivity contribution in [3.8, 4) is 0 Å². The number of rotatable bonds is 2. The molecule has 0 aromatic carbocycles. The van der Waals surface area contributed by atoms with Gasteiger partial charge in [-0.15, -0.1) is 0 Å². The van der Waals surface area contributed by atoms with Gasteiger partial charge >= 0.3 is 18.1 Å². The Kier molecular flexibility index (Phi) is 7.73. The van der Waals surface area contributed by atoms with Crippen LogP contribution in [0.25, 0.3) is 0 Å². The average molecular weight is 217 g/mol. The second-order valence-electron chi connectivity index (χ2n) is 1.93. The molecule has 0 radical (unpaired) electrons. The van der Waals surface area contributed by atoms with Gasteiger partial charge < -0.3 is 15.6 Å². The lowest BCUT2D eigenvalue weighted by Gasteiger charge is -1.93. The van der Waals surface area contributed by atoms with Crippen LogP contribution in [-0.2, 0) is 14.3 Å². The molecule has 14 heavy (non-hydrogen) atoms. The highest BCUT2D eigenvalue weighted by Crippen LogP contribution is 2.13. The number of carbonyl (C=O) groups is 2. The number of hydrogen-bond donors (Lipinski definition) is 2. The fourth-order valence-electron chi connectivity index (χ4n) is 0.203. The number of nitrogens with two attached hydrogens (primary N) is 1. The van der Waals surface area contributed by atoms with Gasteiger partial charge in [0.2, 0.25) is 0 Å². The van der Waals surface area contributed by atoms with Crippen LogP contribution in [0.2, 0.25) is 0 Å². The van der Waals surface area contributed by atoms with E-state index in [1.54, 1.807) is 0 Å². The summed E-state index contributed by atoms with van der Waals surface area (Å²) in [7, 11) is 0. The summed E-state index contributed by atoms with van der Waals surface area (Å²) in [5.74, 6) is -3.03. The molecular formula is C6H10F3NO4. The van der Waals surface area contributed by atoms with Crippen LogP contribution in [0.15, 0.2) is 0 Å². The molecule has 0 aromatic rings. The number of carbonyl (C=O) groups excluding carboxylic acids is 1. The summed E-state index contributed by atoms with van der Waals surface area (Å²) < 4.78 is 36.2. The molecule has 5 nitrogen and oxygen atoms in total. The van der Waals surface area contributed by atoms with E-state index in [2.05, 4.69) is 4.74 Å². The predicted octanol–water partition coefficient (Wildman–Crippen LogP) is 0.142. The van der Waals surface area contributed by atoms with Gasteiger partial charge in [-0.1, -0.05) is 0 Å². The van der Waals surface area contributed by atoms with E-state index in [4.69, 9.17) is 15.6 Å². The maximum Gasteiger partial charge on any atom is 0.490 e. The first-order valence-corrected chi connectivity index (χ1v) is 3.35. The number of esters is 1. The highest BCUT2D eigenvalue weighted by molar-refractivity contribution is 5.73. The minimum Gasteiger partial charge on any atom is -0.475 e. The van der Waals surface area contributed by atoms with Gasteiger partial charge in [0.15, 0.2) is 0 Å². The lowest BCUT2D eigenvalue weighted by atomic mass is 10.7. The first kappa shape index (κ1) is 15.2. The molecule has 0 fully saturated rings. The summed E-state index contributed by atoms with van der Waals surface area (Å²) in [4.78, 5) is 18.8. The first-order valence-electron chi connectivity index (χ1n) is 3.35. The SMILES string of the molecule is CC(=O)OCCN.O=C(O)C(F)(F)F. The Hall–Kier alpha value is -1.31. The van der Waals surface area contributed by atoms with Crippen LogP contribution in [0.3, 0.4) is 0 Å². The highest BCUT2D eigenvalue weighted by Gasteiger charge is 2.38. The summed E-state index contributed by atoms with van der Waals surface area (Å²) in [6, 6.07) is 0. The van der Waals surface area contributed by atoms with Crippen molar-refractivity contribution in [1.82, 2.24) is 0 Å². The maximum atomic E-state index is 10.6. The van der Waals surface area contributed by atoms with E-state index < -0.39 is 12.1 Å². The molecule has 0 bridgehead atoms. The largest absolute Gasteiger partial charge is 0.490 e. The van der Waals surface area contributed by atoms with Crippen molar-refractivity contribution in [1.29, 1.82) is 0 Å². The van der Waals surface area contributed by atoms with Crippen LogP contribution in [0, 0.1) is 0 Å². The van der Waals surface area contributed by atoms with Gasteiger partial charge in [0.05, 0.1) is 0 Å². The molecule has 0 aliphatic heterocycles. The molecule has 8 heteroatoms. The van der Waals surface area contributed by atoms with Gasteiger partial charge in [-0.05, 0) is 0 Å². The fourth-order valence-corrected chi connectivity index (χ4v) is 0.203. The molecule has 0 unspecified atom stereocenters. The second kappa shape index (κ2) is 7.13. The molecule has 0 atom stereocenters. The van der Waals surface area contributed by atoms with Crippen molar-refractivity contribution in [2.24, 2.45) is 5.73 Å². The molecule has 0 aliphatic carbocycles. The Morgan fingerprint density at radius 1 is 1.43 bits per heavy atom. The van der Waals surface area contributed by atoms with E-state index in [1.165, 1.54) is 6.92 Å². The van der Waals surface area contributed by atoms with Crippen molar-refractivity contribution < 1.29 is 32.6 Å². The number of carboxylic acids is 1. The fraction of sp³-hybridized carbons (Fsp3) is 0.667. The van der Waals surface area contributed by atoms with E-state index in [0.29, 0.717) is 13.2 Å². The quantitative estimate of drug-likeness (QED) is 0.642. The highest BCUT2D eigenvalue weighted by atomic mass is 19.4. The van der Waals surface area contributed by atoms with E-state index in [9.17, 15) is 18.0 Å². The maximum absolute atomic E-state index is 10.6. The third-order valence-electron chi connectivity index (χ3n) is 0.666. The Morgan fingerprint density at radius 3 is 1.86 bits per heavy atom. The molecular weight excluding hydrogens is 207 g/mol. The molecule has 84 valence electrons. The monoisotopic (exact) mass is 217 g/mol. The molecule has 0 rings (SSSR count). The van der Waals surface area contributed by atoms with Crippen molar-refractivity contribution in [2.75, 3.05) is 13.2 Å². The van der Waals surface area contributed by atoms with Crippen LogP contribution < -0.4 is 5.73 Å². The summed E-state index contributed by atoms with van der Waals surface area (Å²) in [6.45, 7) is 2.09. The van der Waals surface area contributed by atoms with Gasteiger partial charge in [-0.2, -0.15) is 13.2 Å². The Labute approximate surface area is 77.6 Å². The molecule has 0 saturated heterocycles. The standard InChI is InChI=1S/C4H9NO2.C2HF3O2/c1-4(6)7-3-2-5;3-2(4,5)1(6)7/h2-3,5H2,1H3;(H,6,7). The minimum absolute atomic E-state index is 0.273. The summed E-state index contributed by atoms with van der Waals surface area (Å²) >= 11 is 0. The van der Waals surface area contributed by atoms with Crippen molar-refractivity contribution in [2.45, 2.75) is 13.1 Å². The van der Waals surface area contributed by atoms with Crippen LogP contribution in [0.1, 0.15) is 6.92 Å². The molecule has 0 aromatic heterocycles. The number of ether oxygens (including phenoxy) is 1. The number of alkyl halides is 3. The van der Waals surface area contributed by atoms with E-state index in [1.807, 2.05) is 0 Å². The zero-order chi connectivity index (χ0) is 11.8. The first-order chi connectivity index (χ1) is 6.21. The predicted molar refractivity (Wildman–Crippen MR) is 39.4 cm³/mol. The lowest BCUT2D eigenvalue weighted by molar-refractivity contribution is -0.192. The number of hydrogen-bond acceptors (Lipinski definition) is 4. The smallest absolute Gasteiger partial charge is 0.475 e. The minimum atomic E-state index is -5.08. The van der Waals surface area contributed by atoms with Gasteiger partial charge in [0.25, 0.3) is 0 Å². The third-order valence-corrected chi connectivity index (χ3v) is 0.666. The van der Waals surface area contributed by atoms with Crippen LogP contribution in [-0.4, -0.2) is 36.4 Å². The lowest BCUT2D eigenvalue weighted by Crippen LogP contribution is -2.21. The Balaban J connectivity index is 0. The van der Waals surface area contributed by atoms with Gasteiger partial charge in [0, 0.05) is 13.5 Å². The normalized spacial score (nSPS) is 9.79. The van der Waals surface area contributed by atoms with Crippen LogP contribution >= 0.6 is 0 Å². The molecule has 0 amide bonds. The molecule has 0 saturated carbocycles. The molecule has 0 heterocycles. The van der Waals surface area contributed by atoms with Gasteiger partial charge in [-0.25, -0.2) is 4.79 Å². The summed E-state index contributed by atoms with van der Waals surface area (Å²) in [5, 5.41) is 7.12. The number of aliphatic carboxylic acids is 1. The zero-order valence-electron chi connectivity index (χ0n) is 7.30. The average Bonchev–Trinajstić information content (AvgIpc) is 2.00. The number of halogens is 3. The topological polar surface area (TPSA) is 89.6 Å². The van der Waals surface area contributed by atoms with Crippen molar-refractivity contribution >= 4 is 11.9 Å². The number of carboxylic acid groups (broad SMARTS) is 1. The summed E-state index contributed by atoms with van der Waals surface area (Å²) in [5.41, 5.74) is 5.00.